The van der Waals surface area contributed by atoms with Gasteiger partial charge in [0.05, 0.1) is 17.0 Å². The van der Waals surface area contributed by atoms with Gasteiger partial charge in [-0.05, 0) is 36.1 Å². The summed E-state index contributed by atoms with van der Waals surface area (Å²) in [5.74, 6) is -2.67. The molecule has 1 heterocycles. The Hall–Kier alpha value is -2.28. The Morgan fingerprint density at radius 2 is 2.05 bits per heavy atom. The average Bonchev–Trinajstić information content (AvgIpc) is 3.03. The maximum Gasteiger partial charge on any atom is 0.341 e. The molecule has 0 radical (unpaired) electrons. The first kappa shape index (κ1) is 16.1. The molecule has 0 saturated carbocycles. The van der Waals surface area contributed by atoms with Crippen LogP contribution in [-0.4, -0.2) is 25.0 Å². The predicted octanol–water partition coefficient (Wildman–Crippen LogP) is 3.00. The van der Waals surface area contributed by atoms with Gasteiger partial charge in [-0.3, -0.25) is 4.79 Å². The lowest BCUT2D eigenvalue weighted by molar-refractivity contribution is 0.0495. The van der Waals surface area contributed by atoms with Crippen molar-refractivity contribution < 1.29 is 23.1 Å². The maximum absolute atomic E-state index is 13.3. The van der Waals surface area contributed by atoms with Crippen molar-refractivity contribution in [1.29, 1.82) is 0 Å². The Labute approximate surface area is 129 Å². The molecule has 1 N–H and O–H groups in total. The highest BCUT2D eigenvalue weighted by Gasteiger charge is 2.14. The van der Waals surface area contributed by atoms with E-state index in [0.717, 1.165) is 18.2 Å². The van der Waals surface area contributed by atoms with Gasteiger partial charge in [-0.2, -0.15) is 0 Å². The zero-order chi connectivity index (χ0) is 15.9. The lowest BCUT2D eigenvalue weighted by Crippen LogP contribution is -2.24. The fraction of sp³-hybridized carbons (Fsp3) is 0.200. The lowest BCUT2D eigenvalue weighted by Gasteiger charge is -2.06. The largest absolute Gasteiger partial charge is 0.462 e. The van der Waals surface area contributed by atoms with Crippen molar-refractivity contribution in [3.05, 3.63) is 57.8 Å². The predicted molar refractivity (Wildman–Crippen MR) is 77.9 cm³/mol. The Kier molecular flexibility index (Phi) is 5.60. The van der Waals surface area contributed by atoms with Crippen molar-refractivity contribution in [3.63, 3.8) is 0 Å². The molecule has 0 atom stereocenters. The minimum atomic E-state index is -0.929. The minimum Gasteiger partial charge on any atom is -0.462 e. The van der Waals surface area contributed by atoms with E-state index < -0.39 is 23.2 Å². The number of amides is 1. The van der Waals surface area contributed by atoms with Crippen LogP contribution in [0, 0.1) is 11.6 Å². The second-order valence-electron chi connectivity index (χ2n) is 4.35. The highest BCUT2D eigenvalue weighted by molar-refractivity contribution is 7.12. The molecule has 0 aliphatic heterocycles. The Bertz CT molecular complexity index is 659. The van der Waals surface area contributed by atoms with E-state index in [1.807, 2.05) is 0 Å². The number of thiophene rings is 1. The van der Waals surface area contributed by atoms with Crippen molar-refractivity contribution in [2.45, 2.75) is 6.42 Å². The van der Waals surface area contributed by atoms with Crippen LogP contribution in [-0.2, 0) is 4.74 Å². The molecular formula is C15H13F2NO3S. The Morgan fingerprint density at radius 3 is 2.77 bits per heavy atom. The van der Waals surface area contributed by atoms with Crippen LogP contribution in [0.5, 0.6) is 0 Å². The summed E-state index contributed by atoms with van der Waals surface area (Å²) in [6.45, 7) is 0.315. The molecule has 0 bridgehead atoms. The molecule has 1 aromatic carbocycles. The van der Waals surface area contributed by atoms with Gasteiger partial charge in [-0.15, -0.1) is 11.3 Å². The van der Waals surface area contributed by atoms with E-state index in [2.05, 4.69) is 5.32 Å². The molecule has 0 spiro atoms. The highest BCUT2D eigenvalue weighted by atomic mass is 32.1. The molecule has 22 heavy (non-hydrogen) atoms. The van der Waals surface area contributed by atoms with Crippen LogP contribution in [0.25, 0.3) is 0 Å². The molecule has 0 unspecified atom stereocenters. The third kappa shape index (κ3) is 4.36. The molecule has 7 heteroatoms. The fourth-order valence-electron chi connectivity index (χ4n) is 1.67. The number of rotatable bonds is 6. The van der Waals surface area contributed by atoms with Gasteiger partial charge >= 0.3 is 5.97 Å². The van der Waals surface area contributed by atoms with Crippen LogP contribution in [0.3, 0.4) is 0 Å². The Balaban J connectivity index is 1.71. The van der Waals surface area contributed by atoms with Gasteiger partial charge in [-0.25, -0.2) is 13.6 Å². The van der Waals surface area contributed by atoms with Crippen LogP contribution >= 0.6 is 11.3 Å². The molecule has 116 valence electrons. The summed E-state index contributed by atoms with van der Waals surface area (Å²) >= 11 is 1.33. The van der Waals surface area contributed by atoms with E-state index in [9.17, 15) is 18.4 Å². The number of carbonyl (C=O) groups excluding carboxylic acids is 2. The molecule has 1 aromatic heterocycles. The summed E-state index contributed by atoms with van der Waals surface area (Å²) in [6, 6.07) is 6.05. The standard InChI is InChI=1S/C15H13F2NO3S/c16-10-4-5-12(17)11(9-10)15(20)21-7-2-6-18-14(19)13-3-1-8-22-13/h1,3-5,8-9H,2,6-7H2,(H,18,19). The number of hydrogen-bond acceptors (Lipinski definition) is 4. The monoisotopic (exact) mass is 325 g/mol. The summed E-state index contributed by atoms with van der Waals surface area (Å²) in [7, 11) is 0. The smallest absolute Gasteiger partial charge is 0.341 e. The summed E-state index contributed by atoms with van der Waals surface area (Å²) in [6.07, 6.45) is 0.375. The molecule has 2 aromatic rings. The topological polar surface area (TPSA) is 55.4 Å². The van der Waals surface area contributed by atoms with Crippen molar-refractivity contribution in [1.82, 2.24) is 5.32 Å². The molecule has 0 fully saturated rings. The fourth-order valence-corrected chi connectivity index (χ4v) is 2.31. The van der Waals surface area contributed by atoms with Gasteiger partial charge in [0.15, 0.2) is 0 Å². The number of carbonyl (C=O) groups is 2. The first-order valence-corrected chi connectivity index (χ1v) is 7.40. The van der Waals surface area contributed by atoms with E-state index >= 15 is 0 Å². The second-order valence-corrected chi connectivity index (χ2v) is 5.29. The number of esters is 1. The number of hydrogen-bond donors (Lipinski definition) is 1. The van der Waals surface area contributed by atoms with E-state index in [4.69, 9.17) is 4.74 Å². The summed E-state index contributed by atoms with van der Waals surface area (Å²) in [5.41, 5.74) is -0.442. The zero-order valence-electron chi connectivity index (χ0n) is 11.5. The van der Waals surface area contributed by atoms with Crippen LogP contribution < -0.4 is 5.32 Å². The van der Waals surface area contributed by atoms with Crippen molar-refractivity contribution >= 4 is 23.2 Å². The average molecular weight is 325 g/mol. The van der Waals surface area contributed by atoms with Gasteiger partial charge in [0, 0.05) is 6.54 Å². The van der Waals surface area contributed by atoms with Gasteiger partial charge in [-0.1, -0.05) is 6.07 Å². The summed E-state index contributed by atoms with van der Waals surface area (Å²) < 4.78 is 31.1. The zero-order valence-corrected chi connectivity index (χ0v) is 12.3. The number of halogens is 2. The first-order chi connectivity index (χ1) is 10.6. The Morgan fingerprint density at radius 1 is 1.23 bits per heavy atom. The molecule has 4 nitrogen and oxygen atoms in total. The number of ether oxygens (including phenoxy) is 1. The number of benzene rings is 1. The first-order valence-electron chi connectivity index (χ1n) is 6.52. The van der Waals surface area contributed by atoms with Crippen LogP contribution in [0.1, 0.15) is 26.5 Å². The van der Waals surface area contributed by atoms with Crippen LogP contribution in [0.4, 0.5) is 8.78 Å². The van der Waals surface area contributed by atoms with E-state index in [1.54, 1.807) is 17.5 Å². The van der Waals surface area contributed by atoms with Gasteiger partial charge < -0.3 is 10.1 Å². The third-order valence-corrected chi connectivity index (χ3v) is 3.60. The lowest BCUT2D eigenvalue weighted by atomic mass is 10.2. The van der Waals surface area contributed by atoms with E-state index in [0.29, 0.717) is 17.8 Å². The molecule has 1 amide bonds. The maximum atomic E-state index is 13.3. The van der Waals surface area contributed by atoms with Gasteiger partial charge in [0.2, 0.25) is 0 Å². The van der Waals surface area contributed by atoms with Gasteiger partial charge in [0.25, 0.3) is 5.91 Å². The van der Waals surface area contributed by atoms with Gasteiger partial charge in [0.1, 0.15) is 11.6 Å². The molecule has 0 saturated heterocycles. The van der Waals surface area contributed by atoms with Crippen LogP contribution in [0.2, 0.25) is 0 Å². The highest BCUT2D eigenvalue weighted by Crippen LogP contribution is 2.11. The summed E-state index contributed by atoms with van der Waals surface area (Å²) in [4.78, 5) is 23.8. The molecule has 2 rings (SSSR count). The van der Waals surface area contributed by atoms with Crippen molar-refractivity contribution in [2.75, 3.05) is 13.2 Å². The van der Waals surface area contributed by atoms with Crippen molar-refractivity contribution in [3.8, 4) is 0 Å². The molecular weight excluding hydrogens is 312 g/mol. The quantitative estimate of drug-likeness (QED) is 0.656. The molecule has 0 aliphatic rings. The van der Waals surface area contributed by atoms with E-state index in [1.165, 1.54) is 11.3 Å². The normalized spacial score (nSPS) is 10.3. The second kappa shape index (κ2) is 7.65. The van der Waals surface area contributed by atoms with Crippen LogP contribution in [0.15, 0.2) is 35.7 Å². The van der Waals surface area contributed by atoms with E-state index in [-0.39, 0.29) is 12.5 Å². The summed E-state index contributed by atoms with van der Waals surface area (Å²) in [5, 5.41) is 4.46. The third-order valence-electron chi connectivity index (χ3n) is 2.73. The van der Waals surface area contributed by atoms with Crippen molar-refractivity contribution in [2.24, 2.45) is 0 Å². The number of nitrogens with one attached hydrogen (secondary N) is 1. The minimum absolute atomic E-state index is 0.000489. The molecule has 0 aliphatic carbocycles. The SMILES string of the molecule is O=C(NCCCOC(=O)c1cc(F)ccc1F)c1cccs1.